The van der Waals surface area contributed by atoms with E-state index in [0.717, 1.165) is 12.1 Å². The quantitative estimate of drug-likeness (QED) is 0.608. The van der Waals surface area contributed by atoms with E-state index >= 15 is 0 Å². The molecule has 3 N–H and O–H groups in total. The summed E-state index contributed by atoms with van der Waals surface area (Å²) >= 11 is 0. The predicted molar refractivity (Wildman–Crippen MR) is 92.6 cm³/mol. The third kappa shape index (κ3) is 2.61. The van der Waals surface area contributed by atoms with Gasteiger partial charge in [-0.05, 0) is 12.1 Å². The summed E-state index contributed by atoms with van der Waals surface area (Å²) in [6.07, 6.45) is 0. The van der Waals surface area contributed by atoms with E-state index in [9.17, 15) is 20.1 Å². The van der Waals surface area contributed by atoms with Crippen LogP contribution in [-0.2, 0) is 0 Å². The van der Waals surface area contributed by atoms with E-state index in [-0.39, 0.29) is 33.8 Å². The first-order valence-corrected chi connectivity index (χ1v) is 7.43. The van der Waals surface area contributed by atoms with Crippen molar-refractivity contribution in [1.29, 1.82) is 0 Å². The van der Waals surface area contributed by atoms with Crippen LogP contribution in [0.4, 0.5) is 0 Å². The lowest BCUT2D eigenvalue weighted by Crippen LogP contribution is -2.09. The smallest absolute Gasteiger partial charge is 0.239 e. The van der Waals surface area contributed by atoms with E-state index in [2.05, 4.69) is 0 Å². The first kappa shape index (κ1) is 17.3. The summed E-state index contributed by atoms with van der Waals surface area (Å²) in [5.41, 5.74) is -0.209. The highest BCUT2D eigenvalue weighted by atomic mass is 16.5. The van der Waals surface area contributed by atoms with Crippen molar-refractivity contribution >= 4 is 11.0 Å². The molecule has 0 aliphatic rings. The topological polar surface area (TPSA) is 119 Å². The van der Waals surface area contributed by atoms with E-state index < -0.39 is 22.7 Å². The monoisotopic (exact) mass is 360 g/mol. The van der Waals surface area contributed by atoms with Gasteiger partial charge in [-0.1, -0.05) is 0 Å². The molecule has 0 bridgehead atoms. The number of aromatic hydroxyl groups is 3. The molecule has 8 heteroatoms. The van der Waals surface area contributed by atoms with Gasteiger partial charge < -0.3 is 33.9 Å². The zero-order chi connectivity index (χ0) is 19.0. The molecule has 0 atom stereocenters. The highest BCUT2D eigenvalue weighted by molar-refractivity contribution is 5.89. The van der Waals surface area contributed by atoms with Gasteiger partial charge in [0.15, 0.2) is 23.0 Å². The van der Waals surface area contributed by atoms with Gasteiger partial charge in [0, 0.05) is 17.7 Å². The molecular weight excluding hydrogens is 344 g/mol. The SMILES string of the molecule is COc1cc(OC)c2c(=O)c(OC)c(-c3cc(O)c(O)c(O)c3)oc2c1. The fourth-order valence-corrected chi connectivity index (χ4v) is 2.63. The van der Waals surface area contributed by atoms with E-state index in [1.807, 2.05) is 0 Å². The Morgan fingerprint density at radius 2 is 1.54 bits per heavy atom. The molecule has 0 spiro atoms. The van der Waals surface area contributed by atoms with E-state index in [1.165, 1.54) is 33.5 Å². The Morgan fingerprint density at radius 1 is 0.885 bits per heavy atom. The maximum atomic E-state index is 12.9. The average Bonchev–Trinajstić information content (AvgIpc) is 2.64. The Labute approximate surface area is 147 Å². The molecule has 0 unspecified atom stereocenters. The second kappa shape index (κ2) is 6.40. The Balaban J connectivity index is 2.41. The van der Waals surface area contributed by atoms with Gasteiger partial charge in [-0.3, -0.25) is 4.79 Å². The average molecular weight is 360 g/mol. The number of phenolic OH excluding ortho intramolecular Hbond substituents is 3. The Bertz CT molecular complexity index is 1030. The molecule has 0 fully saturated rings. The lowest BCUT2D eigenvalue weighted by Gasteiger charge is -2.13. The van der Waals surface area contributed by atoms with Crippen molar-refractivity contribution < 1.29 is 33.9 Å². The largest absolute Gasteiger partial charge is 0.504 e. The van der Waals surface area contributed by atoms with Gasteiger partial charge >= 0.3 is 0 Å². The van der Waals surface area contributed by atoms with Crippen LogP contribution in [0.1, 0.15) is 0 Å². The molecule has 3 aromatic rings. The molecule has 0 amide bonds. The first-order chi connectivity index (χ1) is 12.4. The minimum Gasteiger partial charge on any atom is -0.504 e. The van der Waals surface area contributed by atoms with Crippen LogP contribution >= 0.6 is 0 Å². The number of methoxy groups -OCH3 is 3. The van der Waals surface area contributed by atoms with Crippen molar-refractivity contribution in [3.05, 3.63) is 34.5 Å². The number of benzene rings is 2. The zero-order valence-corrected chi connectivity index (χ0v) is 14.2. The highest BCUT2D eigenvalue weighted by Gasteiger charge is 2.22. The molecule has 0 aliphatic carbocycles. The fourth-order valence-electron chi connectivity index (χ4n) is 2.63. The molecule has 0 aliphatic heterocycles. The molecule has 136 valence electrons. The van der Waals surface area contributed by atoms with Crippen molar-refractivity contribution in [3.8, 4) is 45.8 Å². The molecule has 8 nitrogen and oxygen atoms in total. The maximum absolute atomic E-state index is 12.9. The minimum atomic E-state index is -0.681. The summed E-state index contributed by atoms with van der Waals surface area (Å²) in [4.78, 5) is 12.9. The van der Waals surface area contributed by atoms with Crippen LogP contribution in [0.15, 0.2) is 33.5 Å². The Morgan fingerprint density at radius 3 is 2.08 bits per heavy atom. The summed E-state index contributed by atoms with van der Waals surface area (Å²) < 4.78 is 21.4. The molecule has 0 saturated carbocycles. The lowest BCUT2D eigenvalue weighted by atomic mass is 10.1. The van der Waals surface area contributed by atoms with Crippen LogP contribution < -0.4 is 19.6 Å². The molecular formula is C18H16O8. The summed E-state index contributed by atoms with van der Waals surface area (Å²) in [6.45, 7) is 0. The van der Waals surface area contributed by atoms with Gasteiger partial charge in [0.2, 0.25) is 11.2 Å². The summed E-state index contributed by atoms with van der Waals surface area (Å²) in [7, 11) is 4.15. The number of ether oxygens (including phenoxy) is 3. The summed E-state index contributed by atoms with van der Waals surface area (Å²) in [6, 6.07) is 5.32. The third-order valence-electron chi connectivity index (χ3n) is 3.88. The highest BCUT2D eigenvalue weighted by Crippen LogP contribution is 2.42. The second-order valence-electron chi connectivity index (χ2n) is 5.36. The Kier molecular flexibility index (Phi) is 4.25. The second-order valence-corrected chi connectivity index (χ2v) is 5.36. The van der Waals surface area contributed by atoms with Gasteiger partial charge in [0.25, 0.3) is 0 Å². The first-order valence-electron chi connectivity index (χ1n) is 7.43. The van der Waals surface area contributed by atoms with Crippen molar-refractivity contribution in [2.75, 3.05) is 21.3 Å². The normalized spacial score (nSPS) is 10.7. The predicted octanol–water partition coefficient (Wildman–Crippen LogP) is 2.60. The van der Waals surface area contributed by atoms with E-state index in [4.69, 9.17) is 18.6 Å². The molecule has 1 aromatic heterocycles. The van der Waals surface area contributed by atoms with E-state index in [0.29, 0.717) is 5.75 Å². The van der Waals surface area contributed by atoms with Gasteiger partial charge in [-0.25, -0.2) is 0 Å². The molecule has 3 rings (SSSR count). The van der Waals surface area contributed by atoms with E-state index in [1.54, 1.807) is 0 Å². The number of phenols is 3. The molecule has 2 aromatic carbocycles. The number of fused-ring (bicyclic) bond motifs is 1. The summed E-state index contributed by atoms with van der Waals surface area (Å²) in [5, 5.41) is 29.1. The minimum absolute atomic E-state index is 0.0362. The maximum Gasteiger partial charge on any atom is 0.239 e. The third-order valence-corrected chi connectivity index (χ3v) is 3.88. The van der Waals surface area contributed by atoms with Gasteiger partial charge in [-0.2, -0.15) is 0 Å². The molecule has 26 heavy (non-hydrogen) atoms. The van der Waals surface area contributed by atoms with Crippen molar-refractivity contribution in [2.45, 2.75) is 0 Å². The van der Waals surface area contributed by atoms with Gasteiger partial charge in [-0.15, -0.1) is 0 Å². The van der Waals surface area contributed by atoms with Crippen LogP contribution in [0.3, 0.4) is 0 Å². The van der Waals surface area contributed by atoms with Gasteiger partial charge in [0.1, 0.15) is 22.5 Å². The summed E-state index contributed by atoms with van der Waals surface area (Å²) in [5.74, 6) is -1.36. The van der Waals surface area contributed by atoms with Crippen molar-refractivity contribution in [1.82, 2.24) is 0 Å². The van der Waals surface area contributed by atoms with Crippen molar-refractivity contribution in [3.63, 3.8) is 0 Å². The van der Waals surface area contributed by atoms with Gasteiger partial charge in [0.05, 0.1) is 21.3 Å². The van der Waals surface area contributed by atoms with Crippen LogP contribution in [-0.4, -0.2) is 36.6 Å². The number of rotatable bonds is 4. The van der Waals surface area contributed by atoms with Crippen LogP contribution in [0.25, 0.3) is 22.3 Å². The van der Waals surface area contributed by atoms with Crippen LogP contribution in [0.5, 0.6) is 34.5 Å². The Hall–Kier alpha value is -3.55. The van der Waals surface area contributed by atoms with Crippen LogP contribution in [0.2, 0.25) is 0 Å². The van der Waals surface area contributed by atoms with Crippen molar-refractivity contribution in [2.24, 2.45) is 0 Å². The zero-order valence-electron chi connectivity index (χ0n) is 14.2. The molecule has 0 radical (unpaired) electrons. The number of hydrogen-bond acceptors (Lipinski definition) is 8. The molecule has 1 heterocycles. The standard InChI is InChI=1S/C18H16O8/c1-23-9-6-12(24-2)14-13(7-9)26-17(18(25-3)16(14)22)8-4-10(19)15(21)11(20)5-8/h4-7,19-21H,1-3H3. The number of hydrogen-bond donors (Lipinski definition) is 3. The molecule has 0 saturated heterocycles. The lowest BCUT2D eigenvalue weighted by molar-refractivity contribution is 0.367. The fraction of sp³-hybridized carbons (Fsp3) is 0.167. The van der Waals surface area contributed by atoms with Crippen LogP contribution in [0, 0.1) is 0 Å².